The normalized spacial score (nSPS) is 13.2. The summed E-state index contributed by atoms with van der Waals surface area (Å²) in [5.74, 6) is -0.221. The first-order chi connectivity index (χ1) is 11.3. The number of thiazole rings is 1. The minimum Gasteiger partial charge on any atom is -0.358 e. The molecule has 0 spiro atoms. The lowest BCUT2D eigenvalue weighted by Gasteiger charge is -2.15. The zero-order valence-electron chi connectivity index (χ0n) is 12.2. The molecule has 0 bridgehead atoms. The highest BCUT2D eigenvalue weighted by atomic mass is 32.1. The summed E-state index contributed by atoms with van der Waals surface area (Å²) in [6.45, 7) is 1.62. The van der Waals surface area contributed by atoms with E-state index in [1.54, 1.807) is 12.3 Å². The molecular weight excluding hydrogens is 345 g/mol. The van der Waals surface area contributed by atoms with E-state index in [9.17, 15) is 23.3 Å². The van der Waals surface area contributed by atoms with Crippen molar-refractivity contribution in [2.45, 2.75) is 19.1 Å². The molecule has 0 amide bonds. The van der Waals surface area contributed by atoms with Crippen molar-refractivity contribution < 1.29 is 18.1 Å². The molecule has 0 saturated heterocycles. The highest BCUT2D eigenvalue weighted by molar-refractivity contribution is 7.15. The highest BCUT2D eigenvalue weighted by Gasteiger charge is 2.31. The summed E-state index contributed by atoms with van der Waals surface area (Å²) in [5.41, 5.74) is -0.413. The largest absolute Gasteiger partial charge is 0.416 e. The van der Waals surface area contributed by atoms with Gasteiger partial charge in [-0.2, -0.15) is 22.6 Å². The number of alkyl halides is 3. The van der Waals surface area contributed by atoms with E-state index in [-0.39, 0.29) is 11.6 Å². The lowest BCUT2D eigenvalue weighted by Crippen LogP contribution is -2.11. The SMILES string of the molecule is CC(Nc1nc2sccn2c1[N+](=O)[O-])c1cccc(C(F)(F)F)c1. The number of halogens is 3. The summed E-state index contributed by atoms with van der Waals surface area (Å²) in [7, 11) is 0. The number of nitrogens with zero attached hydrogens (tertiary/aromatic N) is 3. The quantitative estimate of drug-likeness (QED) is 0.552. The average Bonchev–Trinajstić information content (AvgIpc) is 3.06. The van der Waals surface area contributed by atoms with Gasteiger partial charge in [0.1, 0.15) is 6.20 Å². The molecule has 2 heterocycles. The molecule has 0 radical (unpaired) electrons. The van der Waals surface area contributed by atoms with Crippen molar-refractivity contribution in [1.29, 1.82) is 0 Å². The van der Waals surface area contributed by atoms with E-state index < -0.39 is 22.7 Å². The van der Waals surface area contributed by atoms with Crippen molar-refractivity contribution in [1.82, 2.24) is 9.38 Å². The molecule has 1 aromatic carbocycles. The first kappa shape index (κ1) is 16.2. The van der Waals surface area contributed by atoms with Crippen molar-refractivity contribution in [2.24, 2.45) is 0 Å². The van der Waals surface area contributed by atoms with Crippen LogP contribution >= 0.6 is 11.3 Å². The predicted octanol–water partition coefficient (Wildman–Crippen LogP) is 4.50. The summed E-state index contributed by atoms with van der Waals surface area (Å²) in [4.78, 5) is 15.3. The van der Waals surface area contributed by atoms with Crippen LogP contribution in [0.4, 0.5) is 24.8 Å². The maximum absolute atomic E-state index is 12.8. The first-order valence-electron chi connectivity index (χ1n) is 6.81. The van der Waals surface area contributed by atoms with Crippen molar-refractivity contribution >= 4 is 27.9 Å². The molecule has 126 valence electrons. The van der Waals surface area contributed by atoms with Gasteiger partial charge in [0, 0.05) is 5.38 Å². The topological polar surface area (TPSA) is 72.5 Å². The molecule has 6 nitrogen and oxygen atoms in total. The van der Waals surface area contributed by atoms with Crippen molar-refractivity contribution in [3.63, 3.8) is 0 Å². The Hall–Kier alpha value is -2.62. The molecule has 1 unspecified atom stereocenters. The van der Waals surface area contributed by atoms with Crippen molar-refractivity contribution in [3.05, 3.63) is 57.1 Å². The Bertz CT molecular complexity index is 903. The maximum atomic E-state index is 12.8. The minimum absolute atomic E-state index is 0.0248. The number of benzene rings is 1. The minimum atomic E-state index is -4.45. The fourth-order valence-corrected chi connectivity index (χ4v) is 3.03. The summed E-state index contributed by atoms with van der Waals surface area (Å²) in [5, 5.41) is 15.7. The van der Waals surface area contributed by atoms with Gasteiger partial charge in [-0.05, 0) is 29.5 Å². The van der Waals surface area contributed by atoms with Gasteiger partial charge in [0.05, 0.1) is 11.6 Å². The molecule has 0 aliphatic rings. The Morgan fingerprint density at radius 2 is 2.17 bits per heavy atom. The van der Waals surface area contributed by atoms with Crippen LogP contribution in [0.5, 0.6) is 0 Å². The summed E-state index contributed by atoms with van der Waals surface area (Å²) in [6, 6.07) is 4.23. The van der Waals surface area contributed by atoms with Crippen LogP contribution in [0.25, 0.3) is 4.96 Å². The number of fused-ring (bicyclic) bond motifs is 1. The van der Waals surface area contributed by atoms with E-state index in [4.69, 9.17) is 0 Å². The average molecular weight is 356 g/mol. The van der Waals surface area contributed by atoms with E-state index in [0.29, 0.717) is 10.5 Å². The molecule has 1 atom stereocenters. The molecule has 0 aliphatic heterocycles. The van der Waals surface area contributed by atoms with E-state index in [2.05, 4.69) is 10.3 Å². The van der Waals surface area contributed by atoms with Gasteiger partial charge in [-0.15, -0.1) is 0 Å². The Morgan fingerprint density at radius 3 is 2.83 bits per heavy atom. The lowest BCUT2D eigenvalue weighted by molar-refractivity contribution is -0.389. The second-order valence-electron chi connectivity index (χ2n) is 5.09. The molecule has 0 aliphatic carbocycles. The first-order valence-corrected chi connectivity index (χ1v) is 7.69. The summed E-state index contributed by atoms with van der Waals surface area (Å²) < 4.78 is 39.7. The highest BCUT2D eigenvalue weighted by Crippen LogP contribution is 2.33. The van der Waals surface area contributed by atoms with Crippen molar-refractivity contribution in [3.8, 4) is 0 Å². The molecule has 10 heteroatoms. The van der Waals surface area contributed by atoms with Gasteiger partial charge in [0.15, 0.2) is 0 Å². The van der Waals surface area contributed by atoms with Crippen LogP contribution in [0.3, 0.4) is 0 Å². The third kappa shape index (κ3) is 2.92. The maximum Gasteiger partial charge on any atom is 0.416 e. The van der Waals surface area contributed by atoms with Crippen LogP contribution in [0.2, 0.25) is 0 Å². The second kappa shape index (κ2) is 5.78. The Balaban J connectivity index is 1.93. The fourth-order valence-electron chi connectivity index (χ4n) is 2.32. The Labute approximate surface area is 137 Å². The molecule has 0 saturated carbocycles. The smallest absolute Gasteiger partial charge is 0.358 e. The number of nitro groups is 1. The van der Waals surface area contributed by atoms with Crippen LogP contribution < -0.4 is 5.32 Å². The number of hydrogen-bond donors (Lipinski definition) is 1. The standard InChI is InChI=1S/C14H11F3N4O2S/c1-8(9-3-2-4-10(7-9)14(15,16)17)18-11-12(21(22)23)20-5-6-24-13(20)19-11/h2-8,18H,1H3. The van der Waals surface area contributed by atoms with Crippen LogP contribution in [-0.4, -0.2) is 14.3 Å². The van der Waals surface area contributed by atoms with Gasteiger partial charge >= 0.3 is 12.0 Å². The van der Waals surface area contributed by atoms with Gasteiger partial charge in [0.2, 0.25) is 5.82 Å². The Morgan fingerprint density at radius 1 is 1.42 bits per heavy atom. The van der Waals surface area contributed by atoms with E-state index in [1.807, 2.05) is 0 Å². The van der Waals surface area contributed by atoms with Gasteiger partial charge in [-0.3, -0.25) is 0 Å². The summed E-state index contributed by atoms with van der Waals surface area (Å²) in [6.07, 6.45) is -2.93. The second-order valence-corrected chi connectivity index (χ2v) is 5.96. The zero-order valence-corrected chi connectivity index (χ0v) is 13.1. The number of anilines is 1. The number of hydrogen-bond acceptors (Lipinski definition) is 5. The molecule has 2 aromatic heterocycles. The third-order valence-corrected chi connectivity index (χ3v) is 4.23. The molecule has 0 fully saturated rings. The van der Waals surface area contributed by atoms with E-state index in [1.165, 1.54) is 34.1 Å². The van der Waals surface area contributed by atoms with Crippen LogP contribution in [0, 0.1) is 10.1 Å². The van der Waals surface area contributed by atoms with E-state index in [0.717, 1.165) is 12.1 Å². The molecule has 1 N–H and O–H groups in total. The molecule has 3 aromatic rings. The predicted molar refractivity (Wildman–Crippen MR) is 83.2 cm³/mol. The lowest BCUT2D eigenvalue weighted by atomic mass is 10.0. The van der Waals surface area contributed by atoms with Crippen LogP contribution in [0.1, 0.15) is 24.1 Å². The third-order valence-electron chi connectivity index (χ3n) is 3.48. The van der Waals surface area contributed by atoms with Gasteiger partial charge in [-0.1, -0.05) is 23.5 Å². The fraction of sp³-hybridized carbons (Fsp3) is 0.214. The zero-order chi connectivity index (χ0) is 17.5. The molecular formula is C14H11F3N4O2S. The van der Waals surface area contributed by atoms with Crippen LogP contribution in [-0.2, 0) is 6.18 Å². The van der Waals surface area contributed by atoms with Gasteiger partial charge < -0.3 is 15.4 Å². The number of nitrogens with one attached hydrogen (secondary N) is 1. The van der Waals surface area contributed by atoms with Crippen molar-refractivity contribution in [2.75, 3.05) is 5.32 Å². The van der Waals surface area contributed by atoms with Gasteiger partial charge in [0.25, 0.3) is 4.96 Å². The molecule has 24 heavy (non-hydrogen) atoms. The monoisotopic (exact) mass is 356 g/mol. The van der Waals surface area contributed by atoms with Gasteiger partial charge in [-0.25, -0.2) is 0 Å². The number of imidazole rings is 1. The van der Waals surface area contributed by atoms with Crippen LogP contribution in [0.15, 0.2) is 35.8 Å². The molecule has 3 rings (SSSR count). The van der Waals surface area contributed by atoms with E-state index >= 15 is 0 Å². The number of aromatic nitrogens is 2. The number of rotatable bonds is 4. The Kier molecular flexibility index (Phi) is 3.91. The summed E-state index contributed by atoms with van der Waals surface area (Å²) >= 11 is 1.23.